The topological polar surface area (TPSA) is 52.2 Å². The lowest BCUT2D eigenvalue weighted by molar-refractivity contribution is 0.629. The van der Waals surface area contributed by atoms with Crippen LogP contribution in [-0.4, -0.2) is 31.1 Å². The molecule has 2 heterocycles. The van der Waals surface area contributed by atoms with Crippen LogP contribution in [0, 0.1) is 5.82 Å². The number of thiophene rings is 1. The summed E-state index contributed by atoms with van der Waals surface area (Å²) in [6, 6.07) is 9.06. The second-order valence-electron chi connectivity index (χ2n) is 6.05. The molecule has 0 fully saturated rings. The zero-order chi connectivity index (χ0) is 17.6. The smallest absolute Gasteiger partial charge is 0.191 e. The maximum atomic E-state index is 13.4. The Bertz CT molecular complexity index is 838. The number of nitrogens with zero attached hydrogens (tertiary/aromatic N) is 1. The molecule has 25 heavy (non-hydrogen) atoms. The number of hydrogen-bond donors (Lipinski definition) is 3. The molecule has 0 amide bonds. The Morgan fingerprint density at radius 2 is 2.20 bits per heavy atom. The number of H-pyrrole nitrogens is 1. The minimum atomic E-state index is -0.207. The van der Waals surface area contributed by atoms with Gasteiger partial charge in [0.25, 0.3) is 0 Å². The van der Waals surface area contributed by atoms with Crippen molar-refractivity contribution < 1.29 is 4.39 Å². The number of hydrogen-bond acceptors (Lipinski definition) is 2. The highest BCUT2D eigenvalue weighted by atomic mass is 32.1. The van der Waals surface area contributed by atoms with E-state index in [-0.39, 0.29) is 5.82 Å². The largest absolute Gasteiger partial charge is 0.361 e. The molecule has 1 atom stereocenters. The maximum Gasteiger partial charge on any atom is 0.191 e. The zero-order valence-electron chi connectivity index (χ0n) is 14.5. The van der Waals surface area contributed by atoms with Crippen LogP contribution < -0.4 is 10.6 Å². The van der Waals surface area contributed by atoms with Crippen LogP contribution in [0.25, 0.3) is 10.9 Å². The molecule has 1 unspecified atom stereocenters. The number of halogens is 1. The van der Waals surface area contributed by atoms with E-state index in [4.69, 9.17) is 0 Å². The van der Waals surface area contributed by atoms with Crippen molar-refractivity contribution in [2.45, 2.75) is 19.3 Å². The molecule has 0 spiro atoms. The van der Waals surface area contributed by atoms with Crippen molar-refractivity contribution in [2.75, 3.05) is 20.1 Å². The summed E-state index contributed by atoms with van der Waals surface area (Å²) in [4.78, 5) is 8.82. The fourth-order valence-corrected chi connectivity index (χ4v) is 3.60. The van der Waals surface area contributed by atoms with Gasteiger partial charge in [-0.15, -0.1) is 11.3 Å². The van der Waals surface area contributed by atoms with Crippen LogP contribution in [0.2, 0.25) is 0 Å². The summed E-state index contributed by atoms with van der Waals surface area (Å²) < 4.78 is 13.4. The molecule has 3 aromatic rings. The van der Waals surface area contributed by atoms with Crippen molar-refractivity contribution in [3.63, 3.8) is 0 Å². The lowest BCUT2D eigenvalue weighted by Gasteiger charge is -2.15. The van der Waals surface area contributed by atoms with Crippen LogP contribution in [0.3, 0.4) is 0 Å². The van der Waals surface area contributed by atoms with E-state index in [1.165, 1.54) is 10.9 Å². The molecule has 3 rings (SSSR count). The average Bonchev–Trinajstić information content (AvgIpc) is 3.28. The van der Waals surface area contributed by atoms with Gasteiger partial charge in [0.15, 0.2) is 5.96 Å². The third-order valence-electron chi connectivity index (χ3n) is 4.24. The number of guanidine groups is 1. The van der Waals surface area contributed by atoms with Crippen molar-refractivity contribution in [3.05, 3.63) is 58.2 Å². The van der Waals surface area contributed by atoms with Crippen LogP contribution in [0.4, 0.5) is 4.39 Å². The number of aromatic nitrogens is 1. The number of rotatable bonds is 6. The molecule has 0 saturated heterocycles. The summed E-state index contributed by atoms with van der Waals surface area (Å²) in [5.74, 6) is 1.02. The molecule has 0 aliphatic rings. The van der Waals surface area contributed by atoms with Crippen LogP contribution in [0.5, 0.6) is 0 Å². The van der Waals surface area contributed by atoms with E-state index in [0.717, 1.165) is 41.9 Å². The van der Waals surface area contributed by atoms with E-state index in [9.17, 15) is 4.39 Å². The van der Waals surface area contributed by atoms with Crippen molar-refractivity contribution >= 4 is 28.2 Å². The first-order valence-electron chi connectivity index (χ1n) is 8.41. The molecule has 0 aliphatic heterocycles. The second kappa shape index (κ2) is 8.16. The van der Waals surface area contributed by atoms with Gasteiger partial charge in [0.1, 0.15) is 5.82 Å². The summed E-state index contributed by atoms with van der Waals surface area (Å²) in [5.41, 5.74) is 2.06. The minimum Gasteiger partial charge on any atom is -0.361 e. The van der Waals surface area contributed by atoms with E-state index >= 15 is 0 Å². The van der Waals surface area contributed by atoms with E-state index < -0.39 is 0 Å². The number of aromatic amines is 1. The lowest BCUT2D eigenvalue weighted by atomic mass is 10.1. The van der Waals surface area contributed by atoms with Gasteiger partial charge in [-0.25, -0.2) is 4.39 Å². The molecule has 6 heteroatoms. The Morgan fingerprint density at radius 3 is 2.96 bits per heavy atom. The van der Waals surface area contributed by atoms with Gasteiger partial charge in [-0.1, -0.05) is 13.0 Å². The second-order valence-corrected chi connectivity index (χ2v) is 7.03. The molecule has 3 N–H and O–H groups in total. The quantitative estimate of drug-likeness (QED) is 0.463. The van der Waals surface area contributed by atoms with Crippen molar-refractivity contribution in [1.29, 1.82) is 0 Å². The van der Waals surface area contributed by atoms with E-state index in [1.807, 2.05) is 6.20 Å². The molecular weight excluding hydrogens is 335 g/mol. The fourth-order valence-electron chi connectivity index (χ4n) is 2.82. The molecule has 4 nitrogen and oxygen atoms in total. The minimum absolute atomic E-state index is 0.207. The van der Waals surface area contributed by atoms with Crippen molar-refractivity contribution in [2.24, 2.45) is 4.99 Å². The first kappa shape index (κ1) is 17.5. The van der Waals surface area contributed by atoms with Gasteiger partial charge in [0.05, 0.1) is 0 Å². The lowest BCUT2D eigenvalue weighted by Crippen LogP contribution is -2.39. The third kappa shape index (κ3) is 4.39. The maximum absolute atomic E-state index is 13.4. The van der Waals surface area contributed by atoms with Gasteiger partial charge in [-0.3, -0.25) is 4.99 Å². The Kier molecular flexibility index (Phi) is 5.71. The van der Waals surface area contributed by atoms with Gasteiger partial charge in [-0.2, -0.15) is 0 Å². The molecule has 0 radical (unpaired) electrons. The van der Waals surface area contributed by atoms with Crippen LogP contribution in [0.1, 0.15) is 23.3 Å². The molecule has 132 valence electrons. The van der Waals surface area contributed by atoms with Crippen molar-refractivity contribution in [1.82, 2.24) is 15.6 Å². The Morgan fingerprint density at radius 1 is 1.32 bits per heavy atom. The average molecular weight is 358 g/mol. The van der Waals surface area contributed by atoms with Crippen LogP contribution in [0.15, 0.2) is 46.9 Å². The molecule has 1 aromatic carbocycles. The van der Waals surface area contributed by atoms with Gasteiger partial charge in [0, 0.05) is 48.0 Å². The predicted molar refractivity (Wildman–Crippen MR) is 104 cm³/mol. The molecule has 0 aliphatic carbocycles. The predicted octanol–water partition coefficient (Wildman–Crippen LogP) is 3.88. The monoisotopic (exact) mass is 358 g/mol. The summed E-state index contributed by atoms with van der Waals surface area (Å²) in [6.07, 6.45) is 2.74. The van der Waals surface area contributed by atoms with Crippen LogP contribution >= 0.6 is 11.3 Å². The number of fused-ring (bicyclic) bond motifs is 1. The number of nitrogens with one attached hydrogen (secondary N) is 3. The SMILES string of the molecule is CN=C(NCCc1c[nH]c2ccc(F)cc12)NCC(C)c1cccs1. The first-order valence-corrected chi connectivity index (χ1v) is 9.28. The Balaban J connectivity index is 1.50. The normalized spacial score (nSPS) is 13.2. The fraction of sp³-hybridized carbons (Fsp3) is 0.316. The molecule has 0 bridgehead atoms. The van der Waals surface area contributed by atoms with Gasteiger partial charge in [-0.05, 0) is 41.6 Å². The third-order valence-corrected chi connectivity index (χ3v) is 5.35. The molecular formula is C19H23FN4S. The Labute approximate surface area is 151 Å². The molecule has 0 saturated carbocycles. The standard InChI is InChI=1S/C19H23FN4S/c1-13(18-4-3-9-25-18)11-24-19(21-2)22-8-7-14-12-23-17-6-5-15(20)10-16(14)17/h3-6,9-10,12-13,23H,7-8,11H2,1-2H3,(H2,21,22,24). The summed E-state index contributed by atoms with van der Waals surface area (Å²) in [5, 5.41) is 9.72. The summed E-state index contributed by atoms with van der Waals surface area (Å²) in [6.45, 7) is 3.77. The van der Waals surface area contributed by atoms with E-state index in [0.29, 0.717) is 5.92 Å². The first-order chi connectivity index (χ1) is 12.2. The van der Waals surface area contributed by atoms with Gasteiger partial charge >= 0.3 is 0 Å². The Hall–Kier alpha value is -2.34. The highest BCUT2D eigenvalue weighted by molar-refractivity contribution is 7.10. The van der Waals surface area contributed by atoms with Crippen molar-refractivity contribution in [3.8, 4) is 0 Å². The zero-order valence-corrected chi connectivity index (χ0v) is 15.3. The summed E-state index contributed by atoms with van der Waals surface area (Å²) in [7, 11) is 1.77. The molecule has 2 aromatic heterocycles. The summed E-state index contributed by atoms with van der Waals surface area (Å²) >= 11 is 1.77. The van der Waals surface area contributed by atoms with E-state index in [2.05, 4.69) is 45.0 Å². The highest BCUT2D eigenvalue weighted by Crippen LogP contribution is 2.20. The highest BCUT2D eigenvalue weighted by Gasteiger charge is 2.08. The van der Waals surface area contributed by atoms with Gasteiger partial charge in [0.2, 0.25) is 0 Å². The van der Waals surface area contributed by atoms with E-state index in [1.54, 1.807) is 30.5 Å². The number of benzene rings is 1. The van der Waals surface area contributed by atoms with Gasteiger partial charge < -0.3 is 15.6 Å². The van der Waals surface area contributed by atoms with Crippen LogP contribution in [-0.2, 0) is 6.42 Å². The number of aliphatic imine (C=N–C) groups is 1.